The SMILES string of the molecule is O=C(O)Cc1ccc2oc(-c3ccc(C=CC(=O)Nc4ccc(F)cc4Cl)cc3Cl)nc2c1. The molecule has 0 spiro atoms. The molecule has 9 heteroatoms. The number of carbonyl (C=O) groups excluding carboxylic acids is 1. The van der Waals surface area contributed by atoms with Crippen molar-refractivity contribution in [2.24, 2.45) is 0 Å². The van der Waals surface area contributed by atoms with Gasteiger partial charge in [0.2, 0.25) is 11.8 Å². The Balaban J connectivity index is 1.50. The van der Waals surface area contributed by atoms with Crippen LogP contribution in [0.3, 0.4) is 0 Å². The van der Waals surface area contributed by atoms with E-state index in [0.717, 1.165) is 6.07 Å². The molecule has 0 saturated carbocycles. The molecule has 0 aliphatic rings. The standard InChI is InChI=1S/C24H15Cl2FN2O4/c25-17-9-13(3-8-22(30)28-19-6-4-15(27)12-18(19)26)1-5-16(17)24-29-20-10-14(11-23(31)32)2-7-21(20)33-24/h1-10,12H,11H2,(H,28,30)(H,31,32). The second kappa shape index (κ2) is 9.44. The average Bonchev–Trinajstić information content (AvgIpc) is 3.17. The Morgan fingerprint density at radius 2 is 1.88 bits per heavy atom. The van der Waals surface area contributed by atoms with Crippen LogP contribution in [-0.2, 0) is 16.0 Å². The van der Waals surface area contributed by atoms with Crippen LogP contribution in [0.5, 0.6) is 0 Å². The van der Waals surface area contributed by atoms with Crippen LogP contribution in [0.4, 0.5) is 10.1 Å². The van der Waals surface area contributed by atoms with E-state index in [2.05, 4.69) is 10.3 Å². The fraction of sp³-hybridized carbons (Fsp3) is 0.0417. The van der Waals surface area contributed by atoms with E-state index in [4.69, 9.17) is 32.7 Å². The van der Waals surface area contributed by atoms with Crippen LogP contribution in [0.2, 0.25) is 10.0 Å². The number of benzene rings is 3. The summed E-state index contributed by atoms with van der Waals surface area (Å²) in [6.07, 6.45) is 2.75. The lowest BCUT2D eigenvalue weighted by Crippen LogP contribution is -2.08. The highest BCUT2D eigenvalue weighted by atomic mass is 35.5. The van der Waals surface area contributed by atoms with Crippen LogP contribution in [0, 0.1) is 5.82 Å². The number of aromatic nitrogens is 1. The zero-order chi connectivity index (χ0) is 23.5. The van der Waals surface area contributed by atoms with Gasteiger partial charge in [-0.25, -0.2) is 9.37 Å². The van der Waals surface area contributed by atoms with E-state index in [9.17, 15) is 14.0 Å². The summed E-state index contributed by atoms with van der Waals surface area (Å²) >= 11 is 12.3. The highest BCUT2D eigenvalue weighted by molar-refractivity contribution is 6.34. The number of amides is 1. The van der Waals surface area contributed by atoms with E-state index in [-0.39, 0.29) is 11.4 Å². The minimum Gasteiger partial charge on any atom is -0.481 e. The summed E-state index contributed by atoms with van der Waals surface area (Å²) in [4.78, 5) is 27.5. The molecule has 1 amide bonds. The molecule has 0 bridgehead atoms. The number of rotatable bonds is 6. The summed E-state index contributed by atoms with van der Waals surface area (Å²) in [7, 11) is 0. The van der Waals surface area contributed by atoms with Crippen molar-refractivity contribution in [1.82, 2.24) is 4.98 Å². The van der Waals surface area contributed by atoms with Gasteiger partial charge < -0.3 is 14.8 Å². The maximum atomic E-state index is 13.1. The van der Waals surface area contributed by atoms with Crippen molar-refractivity contribution in [2.75, 3.05) is 5.32 Å². The van der Waals surface area contributed by atoms with E-state index >= 15 is 0 Å². The van der Waals surface area contributed by atoms with Crippen molar-refractivity contribution in [3.63, 3.8) is 0 Å². The third-order valence-electron chi connectivity index (χ3n) is 4.65. The number of hydrogen-bond acceptors (Lipinski definition) is 4. The van der Waals surface area contributed by atoms with E-state index in [1.165, 1.54) is 18.2 Å². The Labute approximate surface area is 197 Å². The Morgan fingerprint density at radius 1 is 1.06 bits per heavy atom. The molecular formula is C24H15Cl2FN2O4. The van der Waals surface area contributed by atoms with Gasteiger partial charge in [-0.2, -0.15) is 0 Å². The van der Waals surface area contributed by atoms with Crippen LogP contribution < -0.4 is 5.32 Å². The normalized spacial score (nSPS) is 11.2. The summed E-state index contributed by atoms with van der Waals surface area (Å²) in [5, 5.41) is 12.0. The summed E-state index contributed by atoms with van der Waals surface area (Å²) in [5.74, 6) is -1.58. The lowest BCUT2D eigenvalue weighted by atomic mass is 10.1. The molecule has 0 radical (unpaired) electrons. The molecule has 1 heterocycles. The number of carboxylic acid groups (broad SMARTS) is 1. The number of oxazole rings is 1. The first-order valence-electron chi connectivity index (χ1n) is 9.64. The lowest BCUT2D eigenvalue weighted by molar-refractivity contribution is -0.136. The van der Waals surface area contributed by atoms with Gasteiger partial charge in [-0.3, -0.25) is 9.59 Å². The lowest BCUT2D eigenvalue weighted by Gasteiger charge is -2.05. The molecule has 0 aliphatic carbocycles. The second-order valence-corrected chi connectivity index (χ2v) is 7.89. The number of hydrogen-bond donors (Lipinski definition) is 2. The Morgan fingerprint density at radius 3 is 2.61 bits per heavy atom. The minimum absolute atomic E-state index is 0.0950. The Hall–Kier alpha value is -3.68. The predicted octanol–water partition coefficient (Wildman–Crippen LogP) is 6.22. The molecule has 166 valence electrons. The van der Waals surface area contributed by atoms with Crippen LogP contribution >= 0.6 is 23.2 Å². The molecule has 33 heavy (non-hydrogen) atoms. The molecule has 4 rings (SSSR count). The topological polar surface area (TPSA) is 92.4 Å². The van der Waals surface area contributed by atoms with Crippen molar-refractivity contribution < 1.29 is 23.5 Å². The fourth-order valence-electron chi connectivity index (χ4n) is 3.12. The average molecular weight is 485 g/mol. The van der Waals surface area contributed by atoms with Crippen LogP contribution in [0.25, 0.3) is 28.6 Å². The van der Waals surface area contributed by atoms with Gasteiger partial charge in [-0.05, 0) is 59.7 Å². The predicted molar refractivity (Wildman–Crippen MR) is 125 cm³/mol. The number of halogens is 3. The maximum Gasteiger partial charge on any atom is 0.307 e. The molecule has 1 aromatic heterocycles. The van der Waals surface area contributed by atoms with Crippen LogP contribution in [0.15, 0.2) is 65.1 Å². The molecule has 2 N–H and O–H groups in total. The van der Waals surface area contributed by atoms with Gasteiger partial charge in [0.1, 0.15) is 11.3 Å². The van der Waals surface area contributed by atoms with E-state index in [1.807, 2.05) is 0 Å². The second-order valence-electron chi connectivity index (χ2n) is 7.08. The zero-order valence-electron chi connectivity index (χ0n) is 16.8. The van der Waals surface area contributed by atoms with E-state index in [1.54, 1.807) is 42.5 Å². The van der Waals surface area contributed by atoms with E-state index < -0.39 is 17.7 Å². The van der Waals surface area contributed by atoms with Crippen molar-refractivity contribution >= 4 is 57.9 Å². The van der Waals surface area contributed by atoms with Gasteiger partial charge >= 0.3 is 5.97 Å². The number of carboxylic acids is 1. The minimum atomic E-state index is -0.931. The molecule has 0 fully saturated rings. The largest absolute Gasteiger partial charge is 0.481 e. The molecule has 4 aromatic rings. The number of anilines is 1. The molecule has 0 unspecified atom stereocenters. The van der Waals surface area contributed by atoms with Gasteiger partial charge in [0.05, 0.1) is 27.7 Å². The van der Waals surface area contributed by atoms with Gasteiger partial charge in [0.25, 0.3) is 0 Å². The van der Waals surface area contributed by atoms with Gasteiger partial charge in [-0.15, -0.1) is 0 Å². The van der Waals surface area contributed by atoms with Crippen molar-refractivity contribution in [3.05, 3.63) is 87.7 Å². The first-order valence-corrected chi connectivity index (χ1v) is 10.4. The van der Waals surface area contributed by atoms with Crippen molar-refractivity contribution in [2.45, 2.75) is 6.42 Å². The quantitative estimate of drug-likeness (QED) is 0.317. The van der Waals surface area contributed by atoms with Crippen LogP contribution in [0.1, 0.15) is 11.1 Å². The molecule has 0 atom stereocenters. The van der Waals surface area contributed by atoms with Gasteiger partial charge in [-0.1, -0.05) is 35.3 Å². The zero-order valence-corrected chi connectivity index (χ0v) is 18.3. The number of nitrogens with one attached hydrogen (secondary N) is 1. The van der Waals surface area contributed by atoms with Crippen LogP contribution in [-0.4, -0.2) is 22.0 Å². The summed E-state index contributed by atoms with van der Waals surface area (Å²) in [5.41, 5.74) is 3.15. The monoisotopic (exact) mass is 484 g/mol. The smallest absolute Gasteiger partial charge is 0.307 e. The molecular weight excluding hydrogens is 470 g/mol. The molecule has 6 nitrogen and oxygen atoms in total. The van der Waals surface area contributed by atoms with Gasteiger partial charge in [0, 0.05) is 6.08 Å². The molecule has 0 aliphatic heterocycles. The van der Waals surface area contributed by atoms with Crippen molar-refractivity contribution in [1.29, 1.82) is 0 Å². The first-order chi connectivity index (χ1) is 15.8. The van der Waals surface area contributed by atoms with Gasteiger partial charge in [0.15, 0.2) is 5.58 Å². The van der Waals surface area contributed by atoms with E-state index in [0.29, 0.717) is 44.4 Å². The third kappa shape index (κ3) is 5.39. The molecule has 3 aromatic carbocycles. The number of aliphatic carboxylic acids is 1. The fourth-order valence-corrected chi connectivity index (χ4v) is 3.60. The highest BCUT2D eigenvalue weighted by Crippen LogP contribution is 2.31. The number of fused-ring (bicyclic) bond motifs is 1. The Kier molecular flexibility index (Phi) is 6.44. The number of nitrogens with zero attached hydrogens (tertiary/aromatic N) is 1. The third-order valence-corrected chi connectivity index (χ3v) is 5.27. The summed E-state index contributed by atoms with van der Waals surface area (Å²) < 4.78 is 18.9. The maximum absolute atomic E-state index is 13.1. The van der Waals surface area contributed by atoms with Crippen molar-refractivity contribution in [3.8, 4) is 11.5 Å². The summed E-state index contributed by atoms with van der Waals surface area (Å²) in [6.45, 7) is 0. The first kappa shape index (κ1) is 22.5. The summed E-state index contributed by atoms with van der Waals surface area (Å²) in [6, 6.07) is 13.8. The highest BCUT2D eigenvalue weighted by Gasteiger charge is 2.13. The Bertz CT molecular complexity index is 1420. The number of carbonyl (C=O) groups is 2. The molecule has 0 saturated heterocycles.